The first kappa shape index (κ1) is 19.7. The minimum Gasteiger partial charge on any atom is -0.493 e. The van der Waals surface area contributed by atoms with E-state index in [0.717, 1.165) is 37.1 Å². The molecule has 0 radical (unpaired) electrons. The van der Waals surface area contributed by atoms with Crippen LogP contribution in [0.3, 0.4) is 0 Å². The van der Waals surface area contributed by atoms with Gasteiger partial charge < -0.3 is 19.7 Å². The first-order valence-electron chi connectivity index (χ1n) is 10.1. The Morgan fingerprint density at radius 1 is 1.14 bits per heavy atom. The van der Waals surface area contributed by atoms with E-state index in [0.29, 0.717) is 17.9 Å². The molecule has 2 aromatic carbocycles. The Morgan fingerprint density at radius 2 is 1.90 bits per heavy atom. The summed E-state index contributed by atoms with van der Waals surface area (Å²) in [7, 11) is 3.19. The monoisotopic (exact) mass is 398 g/mol. The molecule has 2 aromatic rings. The van der Waals surface area contributed by atoms with E-state index < -0.39 is 0 Å². The molecule has 0 aliphatic carbocycles. The summed E-state index contributed by atoms with van der Waals surface area (Å²) in [6.45, 7) is 1.56. The van der Waals surface area contributed by atoms with Crippen molar-refractivity contribution in [3.8, 4) is 11.5 Å². The summed E-state index contributed by atoms with van der Waals surface area (Å²) in [4.78, 5) is 15.3. The lowest BCUT2D eigenvalue weighted by atomic mass is 9.85. The van der Waals surface area contributed by atoms with Gasteiger partial charge in [-0.1, -0.05) is 18.2 Å². The lowest BCUT2D eigenvalue weighted by molar-refractivity contribution is -0.134. The Bertz CT molecular complexity index is 871. The third-order valence-corrected chi connectivity index (χ3v) is 6.12. The summed E-state index contributed by atoms with van der Waals surface area (Å²) in [5.74, 6) is 1.33. The molecule has 2 saturated heterocycles. The average Bonchev–Trinajstić information content (AvgIpc) is 3.18. The standard InChI is InChI=1S/C23H27FN2O3/c1-28-20-10-5-15(12-21(20)29-2)13-22(27)26-11-3-4-19-23(26)18(14-25-19)16-6-8-17(24)9-7-16/h5-10,12,18-19,23,25H,3-4,11,13-14H2,1-2H3/t18-,19-,23-/m1/s1. The first-order chi connectivity index (χ1) is 14.1. The zero-order valence-electron chi connectivity index (χ0n) is 16.9. The molecule has 2 heterocycles. The second-order valence-corrected chi connectivity index (χ2v) is 7.76. The van der Waals surface area contributed by atoms with Crippen LogP contribution in [0.1, 0.15) is 29.9 Å². The van der Waals surface area contributed by atoms with Gasteiger partial charge in [0.25, 0.3) is 0 Å². The molecule has 4 rings (SSSR count). The summed E-state index contributed by atoms with van der Waals surface area (Å²) >= 11 is 0. The highest BCUT2D eigenvalue weighted by molar-refractivity contribution is 5.80. The predicted molar refractivity (Wildman–Crippen MR) is 109 cm³/mol. The number of amides is 1. The normalized spacial score (nSPS) is 23.6. The molecule has 0 saturated carbocycles. The second-order valence-electron chi connectivity index (χ2n) is 7.76. The van der Waals surface area contributed by atoms with Crippen LogP contribution in [0.2, 0.25) is 0 Å². The maximum absolute atomic E-state index is 13.4. The minimum absolute atomic E-state index is 0.0989. The molecular weight excluding hydrogens is 371 g/mol. The van der Waals surface area contributed by atoms with Crippen molar-refractivity contribution in [3.05, 3.63) is 59.4 Å². The summed E-state index contributed by atoms with van der Waals surface area (Å²) in [5.41, 5.74) is 1.98. The number of carbonyl (C=O) groups excluding carboxylic acids is 1. The highest BCUT2D eigenvalue weighted by Crippen LogP contribution is 2.36. The number of nitrogens with one attached hydrogen (secondary N) is 1. The van der Waals surface area contributed by atoms with E-state index in [1.165, 1.54) is 12.1 Å². The minimum atomic E-state index is -0.235. The van der Waals surface area contributed by atoms with Crippen LogP contribution in [0.4, 0.5) is 4.39 Å². The van der Waals surface area contributed by atoms with Gasteiger partial charge in [-0.05, 0) is 48.2 Å². The molecule has 29 heavy (non-hydrogen) atoms. The van der Waals surface area contributed by atoms with Gasteiger partial charge in [0.2, 0.25) is 5.91 Å². The Kier molecular flexibility index (Phi) is 5.72. The van der Waals surface area contributed by atoms with Crippen LogP contribution >= 0.6 is 0 Å². The lowest BCUT2D eigenvalue weighted by Gasteiger charge is -2.40. The average molecular weight is 398 g/mol. The van der Waals surface area contributed by atoms with Gasteiger partial charge >= 0.3 is 0 Å². The smallest absolute Gasteiger partial charge is 0.227 e. The number of rotatable bonds is 5. The molecule has 0 unspecified atom stereocenters. The summed E-state index contributed by atoms with van der Waals surface area (Å²) in [5, 5.41) is 3.58. The van der Waals surface area contributed by atoms with Crippen LogP contribution < -0.4 is 14.8 Å². The third-order valence-electron chi connectivity index (χ3n) is 6.12. The molecule has 154 valence electrons. The largest absolute Gasteiger partial charge is 0.493 e. The number of benzene rings is 2. The topological polar surface area (TPSA) is 50.8 Å². The molecule has 2 fully saturated rings. The van der Waals surface area contributed by atoms with Crippen molar-refractivity contribution in [2.24, 2.45) is 0 Å². The first-order valence-corrected chi connectivity index (χ1v) is 10.1. The van der Waals surface area contributed by atoms with Crippen LogP contribution in [0, 0.1) is 5.82 Å². The van der Waals surface area contributed by atoms with Gasteiger partial charge in [-0.25, -0.2) is 4.39 Å². The van der Waals surface area contributed by atoms with Crippen molar-refractivity contribution in [2.75, 3.05) is 27.3 Å². The van der Waals surface area contributed by atoms with Crippen molar-refractivity contribution in [1.29, 1.82) is 0 Å². The fourth-order valence-electron chi connectivity index (χ4n) is 4.72. The van der Waals surface area contributed by atoms with E-state index in [9.17, 15) is 9.18 Å². The van der Waals surface area contributed by atoms with Crippen LogP contribution in [0.25, 0.3) is 0 Å². The van der Waals surface area contributed by atoms with Crippen molar-refractivity contribution in [3.63, 3.8) is 0 Å². The molecule has 3 atom stereocenters. The highest BCUT2D eigenvalue weighted by atomic mass is 19.1. The van der Waals surface area contributed by atoms with E-state index in [1.54, 1.807) is 14.2 Å². The molecule has 0 spiro atoms. The van der Waals surface area contributed by atoms with E-state index >= 15 is 0 Å². The number of likely N-dealkylation sites (tertiary alicyclic amines) is 1. The van der Waals surface area contributed by atoms with Gasteiger partial charge in [0.05, 0.1) is 26.7 Å². The number of hydrogen-bond acceptors (Lipinski definition) is 4. The highest BCUT2D eigenvalue weighted by Gasteiger charge is 2.44. The van der Waals surface area contributed by atoms with E-state index in [4.69, 9.17) is 9.47 Å². The number of nitrogens with zero attached hydrogens (tertiary/aromatic N) is 1. The fourth-order valence-corrected chi connectivity index (χ4v) is 4.72. The van der Waals surface area contributed by atoms with Crippen molar-refractivity contribution < 1.29 is 18.7 Å². The number of methoxy groups -OCH3 is 2. The van der Waals surface area contributed by atoms with Gasteiger partial charge in [-0.3, -0.25) is 4.79 Å². The third kappa shape index (κ3) is 3.94. The van der Waals surface area contributed by atoms with Crippen molar-refractivity contribution >= 4 is 5.91 Å². The number of piperidine rings is 1. The second kappa shape index (κ2) is 8.41. The molecule has 2 aliphatic rings. The zero-order valence-corrected chi connectivity index (χ0v) is 16.9. The van der Waals surface area contributed by atoms with Crippen LogP contribution in [0.15, 0.2) is 42.5 Å². The SMILES string of the molecule is COc1ccc(CC(=O)N2CCC[C@H]3NC[C@H](c4ccc(F)cc4)[C@H]32)cc1OC. The molecule has 0 bridgehead atoms. The van der Waals surface area contributed by atoms with Crippen molar-refractivity contribution in [2.45, 2.75) is 37.3 Å². The van der Waals surface area contributed by atoms with E-state index in [2.05, 4.69) is 5.32 Å². The lowest BCUT2D eigenvalue weighted by Crippen LogP contribution is -2.53. The van der Waals surface area contributed by atoms with Gasteiger partial charge in [-0.2, -0.15) is 0 Å². The number of hydrogen-bond donors (Lipinski definition) is 1. The Morgan fingerprint density at radius 3 is 2.62 bits per heavy atom. The Hall–Kier alpha value is -2.60. The number of carbonyl (C=O) groups is 1. The molecular formula is C23H27FN2O3. The zero-order chi connectivity index (χ0) is 20.4. The van der Waals surface area contributed by atoms with Gasteiger partial charge in [-0.15, -0.1) is 0 Å². The number of halogens is 1. The van der Waals surface area contributed by atoms with Crippen molar-refractivity contribution in [1.82, 2.24) is 10.2 Å². The van der Waals surface area contributed by atoms with E-state index in [1.807, 2.05) is 35.2 Å². The summed E-state index contributed by atoms with van der Waals surface area (Å²) in [6, 6.07) is 12.7. The summed E-state index contributed by atoms with van der Waals surface area (Å²) < 4.78 is 24.0. The molecule has 2 aliphatic heterocycles. The van der Waals surface area contributed by atoms with E-state index in [-0.39, 0.29) is 29.7 Å². The maximum Gasteiger partial charge on any atom is 0.227 e. The quantitative estimate of drug-likeness (QED) is 0.841. The van der Waals surface area contributed by atoms with Crippen LogP contribution in [0.5, 0.6) is 11.5 Å². The van der Waals surface area contributed by atoms with Gasteiger partial charge in [0, 0.05) is 25.0 Å². The Labute approximate surface area is 170 Å². The fraction of sp³-hybridized carbons (Fsp3) is 0.435. The number of fused-ring (bicyclic) bond motifs is 1. The van der Waals surface area contributed by atoms with Crippen LogP contribution in [-0.2, 0) is 11.2 Å². The molecule has 0 aromatic heterocycles. The predicted octanol–water partition coefficient (Wildman–Crippen LogP) is 3.13. The van der Waals surface area contributed by atoms with Gasteiger partial charge in [0.15, 0.2) is 11.5 Å². The summed E-state index contributed by atoms with van der Waals surface area (Å²) in [6.07, 6.45) is 2.37. The Balaban J connectivity index is 1.54. The molecule has 1 amide bonds. The van der Waals surface area contributed by atoms with Crippen LogP contribution in [-0.4, -0.2) is 50.2 Å². The number of ether oxygens (including phenoxy) is 2. The molecule has 1 N–H and O–H groups in total. The van der Waals surface area contributed by atoms with Gasteiger partial charge in [0.1, 0.15) is 5.82 Å². The molecule has 6 heteroatoms. The maximum atomic E-state index is 13.4. The molecule has 5 nitrogen and oxygen atoms in total.